The van der Waals surface area contributed by atoms with Crippen LogP contribution in [0.5, 0.6) is 5.75 Å². The predicted octanol–water partition coefficient (Wildman–Crippen LogP) is 1.66. The highest BCUT2D eigenvalue weighted by atomic mass is 19.1. The topological polar surface area (TPSA) is 69.6 Å². The predicted molar refractivity (Wildman–Crippen MR) is 75.4 cm³/mol. The molecule has 114 valence electrons. The third kappa shape index (κ3) is 3.71. The number of carbonyl (C=O) groups excluding carboxylic acids is 2. The van der Waals surface area contributed by atoms with Crippen molar-refractivity contribution in [1.29, 1.82) is 0 Å². The number of phenols is 1. The van der Waals surface area contributed by atoms with E-state index in [1.807, 2.05) is 6.92 Å². The van der Waals surface area contributed by atoms with E-state index in [2.05, 4.69) is 5.32 Å². The van der Waals surface area contributed by atoms with Gasteiger partial charge in [0.15, 0.2) is 0 Å². The molecule has 1 aliphatic heterocycles. The lowest BCUT2D eigenvalue weighted by Gasteiger charge is -2.32. The number of aromatic hydroxyl groups is 1. The Balaban J connectivity index is 1.92. The fourth-order valence-corrected chi connectivity index (χ4v) is 2.44. The molecule has 1 fully saturated rings. The van der Waals surface area contributed by atoms with E-state index in [9.17, 15) is 19.1 Å². The average molecular weight is 294 g/mol. The van der Waals surface area contributed by atoms with E-state index in [0.29, 0.717) is 19.5 Å². The molecular weight excluding hydrogens is 275 g/mol. The zero-order valence-corrected chi connectivity index (χ0v) is 11.9. The SMILES string of the molecule is CC(CNC(=O)c1ccc(F)cc1O)N1CCCCC1=O. The maximum absolute atomic E-state index is 12.9. The molecule has 0 aliphatic carbocycles. The summed E-state index contributed by atoms with van der Waals surface area (Å²) in [6, 6.07) is 3.14. The van der Waals surface area contributed by atoms with Gasteiger partial charge in [-0.25, -0.2) is 4.39 Å². The minimum absolute atomic E-state index is 0.0218. The standard InChI is InChI=1S/C15H19FN2O3/c1-10(18-7-3-2-4-14(18)20)9-17-15(21)12-6-5-11(16)8-13(12)19/h5-6,8,10,19H,2-4,7,9H2,1H3,(H,17,21). The van der Waals surface area contributed by atoms with E-state index in [1.165, 1.54) is 6.07 Å². The van der Waals surface area contributed by atoms with Gasteiger partial charge in [0, 0.05) is 31.6 Å². The summed E-state index contributed by atoms with van der Waals surface area (Å²) in [4.78, 5) is 25.5. The van der Waals surface area contributed by atoms with Crippen molar-refractivity contribution in [3.05, 3.63) is 29.6 Å². The number of nitrogens with one attached hydrogen (secondary N) is 1. The Kier molecular flexibility index (Phi) is 4.77. The van der Waals surface area contributed by atoms with Crippen LogP contribution in [0.3, 0.4) is 0 Å². The van der Waals surface area contributed by atoms with Gasteiger partial charge in [0.25, 0.3) is 5.91 Å². The molecule has 0 aromatic heterocycles. The van der Waals surface area contributed by atoms with Crippen molar-refractivity contribution in [3.8, 4) is 5.75 Å². The molecule has 0 radical (unpaired) electrons. The number of amides is 2. The van der Waals surface area contributed by atoms with E-state index in [4.69, 9.17) is 0 Å². The molecule has 6 heteroatoms. The van der Waals surface area contributed by atoms with Crippen molar-refractivity contribution in [2.45, 2.75) is 32.2 Å². The molecule has 1 aromatic carbocycles. The van der Waals surface area contributed by atoms with Crippen molar-refractivity contribution in [2.24, 2.45) is 0 Å². The highest BCUT2D eigenvalue weighted by molar-refractivity contribution is 5.96. The van der Waals surface area contributed by atoms with Crippen LogP contribution in [0, 0.1) is 5.82 Å². The molecule has 2 N–H and O–H groups in total. The Morgan fingerprint density at radius 2 is 2.24 bits per heavy atom. The largest absolute Gasteiger partial charge is 0.507 e. The summed E-state index contributed by atoms with van der Waals surface area (Å²) in [7, 11) is 0. The number of rotatable bonds is 4. The van der Waals surface area contributed by atoms with Crippen LogP contribution in [0.1, 0.15) is 36.5 Å². The van der Waals surface area contributed by atoms with Crippen LogP contribution in [0.2, 0.25) is 0 Å². The van der Waals surface area contributed by atoms with E-state index in [-0.39, 0.29) is 17.5 Å². The Bertz CT molecular complexity index is 548. The number of carbonyl (C=O) groups is 2. The summed E-state index contributed by atoms with van der Waals surface area (Å²) in [6.45, 7) is 2.87. The minimum atomic E-state index is -0.601. The number of piperidine rings is 1. The van der Waals surface area contributed by atoms with E-state index in [0.717, 1.165) is 25.0 Å². The van der Waals surface area contributed by atoms with Crippen molar-refractivity contribution in [3.63, 3.8) is 0 Å². The first kappa shape index (κ1) is 15.3. The lowest BCUT2D eigenvalue weighted by atomic mass is 10.1. The van der Waals surface area contributed by atoms with Crippen LogP contribution in [0.25, 0.3) is 0 Å². The van der Waals surface area contributed by atoms with Crippen LogP contribution in [0.4, 0.5) is 4.39 Å². The second-order valence-electron chi connectivity index (χ2n) is 5.26. The number of hydrogen-bond acceptors (Lipinski definition) is 3. The second-order valence-corrected chi connectivity index (χ2v) is 5.26. The maximum Gasteiger partial charge on any atom is 0.255 e. The molecule has 2 rings (SSSR count). The summed E-state index contributed by atoms with van der Waals surface area (Å²) >= 11 is 0. The highest BCUT2D eigenvalue weighted by Gasteiger charge is 2.23. The normalized spacial score (nSPS) is 16.7. The van der Waals surface area contributed by atoms with Crippen molar-refractivity contribution in [1.82, 2.24) is 10.2 Å². The maximum atomic E-state index is 12.9. The molecule has 0 bridgehead atoms. The second kappa shape index (κ2) is 6.56. The molecule has 2 amide bonds. The van der Waals surface area contributed by atoms with Gasteiger partial charge in [-0.1, -0.05) is 0 Å². The van der Waals surface area contributed by atoms with Crippen molar-refractivity contribution in [2.75, 3.05) is 13.1 Å². The number of hydrogen-bond donors (Lipinski definition) is 2. The van der Waals surface area contributed by atoms with Crippen LogP contribution in [-0.2, 0) is 4.79 Å². The number of phenolic OH excluding ortho intramolecular Hbond substituents is 1. The molecule has 1 aromatic rings. The summed E-state index contributed by atoms with van der Waals surface area (Å²) in [5.41, 5.74) is 0.0218. The molecule has 0 saturated carbocycles. The number of halogens is 1. The van der Waals surface area contributed by atoms with Gasteiger partial charge in [-0.15, -0.1) is 0 Å². The van der Waals surface area contributed by atoms with Crippen LogP contribution in [-0.4, -0.2) is 41.0 Å². The van der Waals surface area contributed by atoms with Crippen molar-refractivity contribution < 1.29 is 19.1 Å². The van der Waals surface area contributed by atoms with Gasteiger partial charge in [0.05, 0.1) is 5.56 Å². The van der Waals surface area contributed by atoms with Crippen LogP contribution >= 0.6 is 0 Å². The molecule has 0 spiro atoms. The lowest BCUT2D eigenvalue weighted by molar-refractivity contribution is -0.135. The summed E-state index contributed by atoms with van der Waals surface area (Å²) < 4.78 is 12.9. The lowest BCUT2D eigenvalue weighted by Crippen LogP contribution is -2.47. The zero-order valence-electron chi connectivity index (χ0n) is 11.9. The fraction of sp³-hybridized carbons (Fsp3) is 0.467. The summed E-state index contributed by atoms with van der Waals surface area (Å²) in [5.74, 6) is -1.37. The van der Waals surface area contributed by atoms with Crippen LogP contribution in [0.15, 0.2) is 18.2 Å². The Morgan fingerprint density at radius 1 is 1.48 bits per heavy atom. The molecule has 1 saturated heterocycles. The third-order valence-electron chi connectivity index (χ3n) is 3.65. The van der Waals surface area contributed by atoms with Gasteiger partial charge >= 0.3 is 0 Å². The van der Waals surface area contributed by atoms with E-state index in [1.54, 1.807) is 4.90 Å². The molecule has 5 nitrogen and oxygen atoms in total. The smallest absolute Gasteiger partial charge is 0.255 e. The van der Waals surface area contributed by atoms with Gasteiger partial charge in [-0.3, -0.25) is 9.59 Å². The van der Waals surface area contributed by atoms with Crippen molar-refractivity contribution >= 4 is 11.8 Å². The quantitative estimate of drug-likeness (QED) is 0.887. The van der Waals surface area contributed by atoms with E-state index >= 15 is 0 Å². The van der Waals surface area contributed by atoms with E-state index < -0.39 is 17.5 Å². The first-order valence-corrected chi connectivity index (χ1v) is 7.05. The van der Waals surface area contributed by atoms with Gasteiger partial charge in [-0.2, -0.15) is 0 Å². The molecule has 21 heavy (non-hydrogen) atoms. The summed E-state index contributed by atoms with van der Waals surface area (Å²) in [6.07, 6.45) is 2.44. The van der Waals surface area contributed by atoms with Crippen LogP contribution < -0.4 is 5.32 Å². The fourth-order valence-electron chi connectivity index (χ4n) is 2.44. The molecule has 1 aliphatic rings. The highest BCUT2D eigenvalue weighted by Crippen LogP contribution is 2.18. The number of benzene rings is 1. The molecule has 1 atom stereocenters. The number of likely N-dealkylation sites (tertiary alicyclic amines) is 1. The Morgan fingerprint density at radius 3 is 2.90 bits per heavy atom. The third-order valence-corrected chi connectivity index (χ3v) is 3.65. The molecule has 1 heterocycles. The molecule has 1 unspecified atom stereocenters. The monoisotopic (exact) mass is 294 g/mol. The first-order valence-electron chi connectivity index (χ1n) is 7.05. The Hall–Kier alpha value is -2.11. The Labute approximate surface area is 122 Å². The number of nitrogens with zero attached hydrogens (tertiary/aromatic N) is 1. The molecular formula is C15H19FN2O3. The van der Waals surface area contributed by atoms with Gasteiger partial charge < -0.3 is 15.3 Å². The van der Waals surface area contributed by atoms with Gasteiger partial charge in [0.2, 0.25) is 5.91 Å². The van der Waals surface area contributed by atoms with Gasteiger partial charge in [0.1, 0.15) is 11.6 Å². The van der Waals surface area contributed by atoms with Gasteiger partial charge in [-0.05, 0) is 31.9 Å². The summed E-state index contributed by atoms with van der Waals surface area (Å²) in [5, 5.41) is 12.2. The zero-order chi connectivity index (χ0) is 15.4. The first-order chi connectivity index (χ1) is 9.99. The minimum Gasteiger partial charge on any atom is -0.507 e. The average Bonchev–Trinajstić information content (AvgIpc) is 2.45.